The van der Waals surface area contributed by atoms with Crippen LogP contribution in [0, 0.1) is 5.39 Å². The lowest BCUT2D eigenvalue weighted by atomic mass is 10.1. The first-order valence-corrected chi connectivity index (χ1v) is 5.89. The maximum absolute atomic E-state index is 12.3. The minimum Gasteiger partial charge on any atom is -0.502 e. The summed E-state index contributed by atoms with van der Waals surface area (Å²) in [4.78, 5) is 16.9. The van der Waals surface area contributed by atoms with Gasteiger partial charge in [0.25, 0.3) is 5.91 Å². The number of hydrogen-bond donors (Lipinski definition) is 1. The van der Waals surface area contributed by atoms with E-state index in [1.54, 1.807) is 55.6 Å². The molecule has 98 valence electrons. The highest BCUT2D eigenvalue weighted by Gasteiger charge is 2.16. The van der Waals surface area contributed by atoms with E-state index in [1.807, 2.05) is 5.11 Å². The van der Waals surface area contributed by atoms with Crippen molar-refractivity contribution < 1.29 is 9.91 Å². The van der Waals surface area contributed by atoms with Crippen LogP contribution in [0.2, 0.25) is 0 Å². The Morgan fingerprint density at radius 2 is 2.00 bits per heavy atom. The molecule has 0 aliphatic heterocycles. The number of diazo groups is 1. The molecule has 1 amide bonds. The SMILES string of the molecule is CN(C(=O)c1cccc([NH+]=[N-])c1)c1cccc([N+]#N)c1. The van der Waals surface area contributed by atoms with Gasteiger partial charge in [-0.05, 0) is 12.1 Å². The maximum Gasteiger partial charge on any atom is 0.387 e. The van der Waals surface area contributed by atoms with Crippen molar-refractivity contribution in [2.45, 2.75) is 0 Å². The van der Waals surface area contributed by atoms with Gasteiger partial charge in [-0.1, -0.05) is 12.1 Å². The third-order valence-electron chi connectivity index (χ3n) is 2.88. The number of carbonyl (C=O) groups is 1. The molecule has 0 aromatic heterocycles. The predicted molar refractivity (Wildman–Crippen MR) is 74.3 cm³/mol. The van der Waals surface area contributed by atoms with E-state index >= 15 is 0 Å². The van der Waals surface area contributed by atoms with Gasteiger partial charge in [0.2, 0.25) is 5.39 Å². The van der Waals surface area contributed by atoms with Crippen molar-refractivity contribution in [3.8, 4) is 0 Å². The van der Waals surface area contributed by atoms with Crippen LogP contribution in [0.4, 0.5) is 17.1 Å². The second-order valence-electron chi connectivity index (χ2n) is 4.18. The number of nitrogens with one attached hydrogen (secondary N) is 1. The Morgan fingerprint density at radius 3 is 2.70 bits per heavy atom. The maximum atomic E-state index is 12.3. The minimum absolute atomic E-state index is 0.239. The fourth-order valence-electron chi connectivity index (χ4n) is 1.80. The largest absolute Gasteiger partial charge is 0.502 e. The zero-order valence-corrected chi connectivity index (χ0v) is 10.8. The number of benzene rings is 2. The summed E-state index contributed by atoms with van der Waals surface area (Å²) in [5.74, 6) is -0.239. The lowest BCUT2D eigenvalue weighted by molar-refractivity contribution is -0.379. The molecule has 0 radical (unpaired) electrons. The molecule has 20 heavy (non-hydrogen) atoms. The average Bonchev–Trinajstić information content (AvgIpc) is 2.53. The van der Waals surface area contributed by atoms with Crippen LogP contribution < -0.4 is 10.0 Å². The molecule has 1 N–H and O–H groups in total. The van der Waals surface area contributed by atoms with E-state index in [-0.39, 0.29) is 5.91 Å². The van der Waals surface area contributed by atoms with Crippen molar-refractivity contribution in [3.05, 3.63) is 64.6 Å². The van der Waals surface area contributed by atoms with E-state index in [2.05, 4.69) is 4.98 Å². The molecule has 6 heteroatoms. The first-order valence-electron chi connectivity index (χ1n) is 5.89. The second kappa shape index (κ2) is 5.71. The summed E-state index contributed by atoms with van der Waals surface area (Å²) in [6, 6.07) is 13.1. The molecular formula is C14H12N5O+. The average molecular weight is 266 g/mol. The number of hydrogen-bond acceptors (Lipinski definition) is 2. The molecule has 0 heterocycles. The zero-order chi connectivity index (χ0) is 14.5. The van der Waals surface area contributed by atoms with Gasteiger partial charge < -0.3 is 10.4 Å². The zero-order valence-electron chi connectivity index (χ0n) is 10.8. The molecule has 0 saturated heterocycles. The number of nitrogens with zero attached hydrogens (tertiary/aromatic N) is 4. The lowest BCUT2D eigenvalue weighted by Crippen LogP contribution is -2.54. The molecule has 0 saturated carbocycles. The van der Waals surface area contributed by atoms with Gasteiger partial charge in [0.1, 0.15) is 0 Å². The van der Waals surface area contributed by atoms with E-state index in [1.165, 1.54) is 4.90 Å². The highest BCUT2D eigenvalue weighted by molar-refractivity contribution is 6.06. The summed E-state index contributed by atoms with van der Waals surface area (Å²) in [6.07, 6.45) is 0. The quantitative estimate of drug-likeness (QED) is 0.682. The Balaban J connectivity index is 2.32. The van der Waals surface area contributed by atoms with Crippen molar-refractivity contribution in [2.24, 2.45) is 0 Å². The molecule has 6 nitrogen and oxygen atoms in total. The van der Waals surface area contributed by atoms with E-state index < -0.39 is 0 Å². The molecule has 0 unspecified atom stereocenters. The number of amides is 1. The molecule has 0 bridgehead atoms. The predicted octanol–water partition coefficient (Wildman–Crippen LogP) is 2.18. The Morgan fingerprint density at radius 1 is 1.25 bits per heavy atom. The molecule has 0 atom stereocenters. The summed E-state index contributed by atoms with van der Waals surface area (Å²) in [5, 5.41) is 10.8. The molecule has 0 aliphatic rings. The van der Waals surface area contributed by atoms with E-state index in [4.69, 9.17) is 10.9 Å². The number of rotatable bonds is 3. The normalized spacial score (nSPS) is 9.60. The second-order valence-corrected chi connectivity index (χ2v) is 4.18. The van der Waals surface area contributed by atoms with Crippen LogP contribution in [0.25, 0.3) is 10.5 Å². The number of anilines is 1. The van der Waals surface area contributed by atoms with Gasteiger partial charge in [-0.25, -0.2) is 0 Å². The van der Waals surface area contributed by atoms with Crippen molar-refractivity contribution >= 4 is 23.0 Å². The van der Waals surface area contributed by atoms with E-state index in [0.29, 0.717) is 22.6 Å². The van der Waals surface area contributed by atoms with Crippen LogP contribution >= 0.6 is 0 Å². The van der Waals surface area contributed by atoms with Gasteiger partial charge in [-0.3, -0.25) is 9.91 Å². The van der Waals surface area contributed by atoms with Crippen LogP contribution in [-0.2, 0) is 0 Å². The Labute approximate surface area is 115 Å². The van der Waals surface area contributed by atoms with Crippen LogP contribution in [0.1, 0.15) is 10.4 Å². The summed E-state index contributed by atoms with van der Waals surface area (Å²) >= 11 is 0. The first kappa shape index (κ1) is 13.4. The van der Waals surface area contributed by atoms with Gasteiger partial charge in [0, 0.05) is 30.8 Å². The van der Waals surface area contributed by atoms with Crippen molar-refractivity contribution in [1.82, 2.24) is 0 Å². The summed E-state index contributed by atoms with van der Waals surface area (Å²) in [6.45, 7) is 0. The molecule has 0 spiro atoms. The number of carbonyl (C=O) groups excluding carboxylic acids is 1. The molecule has 2 rings (SSSR count). The topological polar surface area (TPSA) is 84.7 Å². The highest BCUT2D eigenvalue weighted by Crippen LogP contribution is 2.22. The molecule has 0 fully saturated rings. The standard InChI is InChI=1S/C14H12N5O/c1-19(13-7-3-6-12(9-13)18-16)14(20)10-4-2-5-11(8-10)17-15/h2-9,17H,1H3/q+1. The summed E-state index contributed by atoms with van der Waals surface area (Å²) in [7, 11) is 1.62. The first-order chi connectivity index (χ1) is 9.65. The molecular weight excluding hydrogens is 254 g/mol. The monoisotopic (exact) mass is 266 g/mol. The molecule has 0 aliphatic carbocycles. The minimum atomic E-state index is -0.239. The van der Waals surface area contributed by atoms with E-state index in [9.17, 15) is 4.79 Å². The van der Waals surface area contributed by atoms with Gasteiger partial charge in [-0.2, -0.15) is 0 Å². The Hall–Kier alpha value is -3.07. The summed E-state index contributed by atoms with van der Waals surface area (Å²) in [5.41, 5.74) is 10.7. The lowest BCUT2D eigenvalue weighted by Gasteiger charge is -2.16. The third-order valence-corrected chi connectivity index (χ3v) is 2.88. The van der Waals surface area contributed by atoms with Crippen molar-refractivity contribution in [3.63, 3.8) is 0 Å². The van der Waals surface area contributed by atoms with Crippen molar-refractivity contribution in [1.29, 1.82) is 5.39 Å². The van der Waals surface area contributed by atoms with Crippen LogP contribution in [0.5, 0.6) is 0 Å². The smallest absolute Gasteiger partial charge is 0.387 e. The Kier molecular flexibility index (Phi) is 3.82. The van der Waals surface area contributed by atoms with E-state index in [0.717, 1.165) is 0 Å². The third kappa shape index (κ3) is 2.67. The highest BCUT2D eigenvalue weighted by atomic mass is 16.2. The van der Waals surface area contributed by atoms with Crippen LogP contribution in [-0.4, -0.2) is 13.0 Å². The van der Waals surface area contributed by atoms with Crippen molar-refractivity contribution in [2.75, 3.05) is 11.9 Å². The molecule has 2 aromatic carbocycles. The van der Waals surface area contributed by atoms with Gasteiger partial charge >= 0.3 is 5.69 Å². The Bertz CT molecular complexity index is 705. The van der Waals surface area contributed by atoms with Gasteiger partial charge in [0.05, 0.1) is 11.8 Å². The fraction of sp³-hybridized carbons (Fsp3) is 0.0714. The molecule has 2 aromatic rings. The van der Waals surface area contributed by atoms with Crippen LogP contribution in [0.15, 0.2) is 48.5 Å². The van der Waals surface area contributed by atoms with Gasteiger partial charge in [-0.15, -0.1) is 0 Å². The fourth-order valence-corrected chi connectivity index (χ4v) is 1.80. The van der Waals surface area contributed by atoms with Gasteiger partial charge in [0.15, 0.2) is 10.7 Å². The van der Waals surface area contributed by atoms with Crippen LogP contribution in [0.3, 0.4) is 0 Å². The summed E-state index contributed by atoms with van der Waals surface area (Å²) < 4.78 is 0.